The molecule has 0 aliphatic rings. The minimum atomic E-state index is -0.352. The van der Waals surface area contributed by atoms with E-state index in [9.17, 15) is 4.39 Å². The second-order valence-electron chi connectivity index (χ2n) is 2.97. The van der Waals surface area contributed by atoms with Crippen molar-refractivity contribution in [1.82, 2.24) is 0 Å². The largest absolute Gasteiger partial charge is 0.494 e. The summed E-state index contributed by atoms with van der Waals surface area (Å²) in [7, 11) is 0. The molecule has 1 rings (SSSR count). The fourth-order valence-corrected chi connectivity index (χ4v) is 1.20. The van der Waals surface area contributed by atoms with Crippen LogP contribution in [0, 0.1) is 5.82 Å². The summed E-state index contributed by atoms with van der Waals surface area (Å²) in [5.74, 6) is 0.139. The summed E-state index contributed by atoms with van der Waals surface area (Å²) < 4.78 is 18.3. The van der Waals surface area contributed by atoms with Crippen molar-refractivity contribution >= 4 is 6.08 Å². The lowest BCUT2D eigenvalue weighted by Crippen LogP contribution is -1.92. The second-order valence-corrected chi connectivity index (χ2v) is 2.97. The summed E-state index contributed by atoms with van der Waals surface area (Å²) >= 11 is 0. The van der Waals surface area contributed by atoms with Gasteiger partial charge < -0.3 is 4.74 Å². The average molecular weight is 221 g/mol. The molecule has 1 aromatic carbocycles. The molecule has 0 spiro atoms. The SMILES string of the molecule is CCOc1cc(F)cc(C=CCN=[N+]=[N-])c1. The highest BCUT2D eigenvalue weighted by Crippen LogP contribution is 2.17. The smallest absolute Gasteiger partial charge is 0.127 e. The molecular formula is C11H12FN3O. The van der Waals surface area contributed by atoms with Crippen LogP contribution in [0.1, 0.15) is 12.5 Å². The van der Waals surface area contributed by atoms with E-state index in [0.29, 0.717) is 17.9 Å². The van der Waals surface area contributed by atoms with Gasteiger partial charge in [0.05, 0.1) is 6.61 Å². The van der Waals surface area contributed by atoms with Crippen LogP contribution in [0.15, 0.2) is 29.4 Å². The van der Waals surface area contributed by atoms with Gasteiger partial charge in [0.25, 0.3) is 0 Å². The maximum Gasteiger partial charge on any atom is 0.127 e. The van der Waals surface area contributed by atoms with E-state index in [4.69, 9.17) is 10.3 Å². The fourth-order valence-electron chi connectivity index (χ4n) is 1.20. The molecule has 0 saturated heterocycles. The van der Waals surface area contributed by atoms with Crippen molar-refractivity contribution in [3.8, 4) is 5.75 Å². The molecule has 0 saturated carbocycles. The van der Waals surface area contributed by atoms with Crippen LogP contribution in [0.3, 0.4) is 0 Å². The van der Waals surface area contributed by atoms with Gasteiger partial charge in [0, 0.05) is 17.5 Å². The molecule has 4 nitrogen and oxygen atoms in total. The van der Waals surface area contributed by atoms with Gasteiger partial charge in [0.2, 0.25) is 0 Å². The molecule has 0 aliphatic heterocycles. The number of azide groups is 1. The lowest BCUT2D eigenvalue weighted by molar-refractivity contribution is 0.338. The predicted octanol–water partition coefficient (Wildman–Crippen LogP) is 3.55. The van der Waals surface area contributed by atoms with Crippen molar-refractivity contribution in [2.24, 2.45) is 5.11 Å². The summed E-state index contributed by atoms with van der Waals surface area (Å²) in [5.41, 5.74) is 8.74. The average Bonchev–Trinajstić information content (AvgIpc) is 2.24. The van der Waals surface area contributed by atoms with Gasteiger partial charge in [0.15, 0.2) is 0 Å². The predicted molar refractivity (Wildman–Crippen MR) is 60.6 cm³/mol. The van der Waals surface area contributed by atoms with E-state index in [0.717, 1.165) is 0 Å². The van der Waals surface area contributed by atoms with E-state index >= 15 is 0 Å². The Morgan fingerprint density at radius 3 is 3.00 bits per heavy atom. The summed E-state index contributed by atoms with van der Waals surface area (Å²) in [6, 6.07) is 4.43. The van der Waals surface area contributed by atoms with Gasteiger partial charge >= 0.3 is 0 Å². The molecule has 5 heteroatoms. The van der Waals surface area contributed by atoms with E-state index in [1.54, 1.807) is 18.2 Å². The minimum Gasteiger partial charge on any atom is -0.494 e. The van der Waals surface area contributed by atoms with Crippen LogP contribution in [-0.4, -0.2) is 13.2 Å². The van der Waals surface area contributed by atoms with Gasteiger partial charge in [0.1, 0.15) is 11.6 Å². The highest BCUT2D eigenvalue weighted by Gasteiger charge is 1.98. The number of ether oxygens (including phenoxy) is 1. The molecule has 0 aromatic heterocycles. The van der Waals surface area contributed by atoms with Crippen molar-refractivity contribution < 1.29 is 9.13 Å². The Morgan fingerprint density at radius 1 is 1.50 bits per heavy atom. The number of halogens is 1. The Morgan fingerprint density at radius 2 is 2.31 bits per heavy atom. The Hall–Kier alpha value is -2.00. The first-order valence-corrected chi connectivity index (χ1v) is 4.87. The number of rotatable bonds is 5. The molecule has 0 bridgehead atoms. The maximum absolute atomic E-state index is 13.1. The molecule has 0 radical (unpaired) electrons. The third kappa shape index (κ3) is 4.02. The van der Waals surface area contributed by atoms with Crippen molar-refractivity contribution in [2.75, 3.05) is 13.2 Å². The number of hydrogen-bond donors (Lipinski definition) is 0. The first kappa shape index (κ1) is 12.1. The zero-order chi connectivity index (χ0) is 11.8. The van der Waals surface area contributed by atoms with Crippen LogP contribution in [-0.2, 0) is 0 Å². The highest BCUT2D eigenvalue weighted by atomic mass is 19.1. The fraction of sp³-hybridized carbons (Fsp3) is 0.273. The highest BCUT2D eigenvalue weighted by molar-refractivity contribution is 5.52. The van der Waals surface area contributed by atoms with Gasteiger partial charge in [-0.1, -0.05) is 17.3 Å². The Kier molecular flexibility index (Phi) is 4.89. The monoisotopic (exact) mass is 221 g/mol. The summed E-state index contributed by atoms with van der Waals surface area (Å²) in [6.45, 7) is 2.57. The Bertz CT molecular complexity index is 425. The molecule has 0 fully saturated rings. The quantitative estimate of drug-likeness (QED) is 0.426. The molecule has 1 aromatic rings. The molecule has 16 heavy (non-hydrogen) atoms. The van der Waals surface area contributed by atoms with Crippen molar-refractivity contribution in [3.05, 3.63) is 46.1 Å². The third-order valence-corrected chi connectivity index (χ3v) is 1.77. The van der Waals surface area contributed by atoms with Crippen molar-refractivity contribution in [1.29, 1.82) is 0 Å². The van der Waals surface area contributed by atoms with Crippen molar-refractivity contribution in [2.45, 2.75) is 6.92 Å². The lowest BCUT2D eigenvalue weighted by Gasteiger charge is -2.04. The van der Waals surface area contributed by atoms with Crippen molar-refractivity contribution in [3.63, 3.8) is 0 Å². The van der Waals surface area contributed by atoms with Gasteiger partial charge in [-0.25, -0.2) is 4.39 Å². The Balaban J connectivity index is 2.79. The first-order valence-electron chi connectivity index (χ1n) is 4.87. The summed E-state index contributed by atoms with van der Waals surface area (Å²) in [4.78, 5) is 2.61. The number of hydrogen-bond acceptors (Lipinski definition) is 2. The second kappa shape index (κ2) is 6.48. The van der Waals surface area contributed by atoms with Crippen LogP contribution in [0.4, 0.5) is 4.39 Å². The molecule has 0 unspecified atom stereocenters. The zero-order valence-electron chi connectivity index (χ0n) is 8.93. The summed E-state index contributed by atoms with van der Waals surface area (Å²) in [5, 5.41) is 3.34. The minimum absolute atomic E-state index is 0.247. The molecule has 0 atom stereocenters. The summed E-state index contributed by atoms with van der Waals surface area (Å²) in [6.07, 6.45) is 3.34. The molecule has 0 aliphatic carbocycles. The number of benzene rings is 1. The van der Waals surface area contributed by atoms with Crippen LogP contribution in [0.5, 0.6) is 5.75 Å². The van der Waals surface area contributed by atoms with E-state index in [1.807, 2.05) is 6.92 Å². The van der Waals surface area contributed by atoms with Crippen LogP contribution >= 0.6 is 0 Å². The van der Waals surface area contributed by atoms with Crippen LogP contribution in [0.2, 0.25) is 0 Å². The first-order chi connectivity index (χ1) is 7.76. The molecule has 0 amide bonds. The standard InChI is InChI=1S/C11H12FN3O/c1-2-16-11-7-9(6-10(12)8-11)4-3-5-14-15-13/h3-4,6-8H,2,5H2,1H3. The molecule has 0 heterocycles. The van der Waals surface area contributed by atoms with Crippen LogP contribution in [0.25, 0.3) is 16.5 Å². The van der Waals surface area contributed by atoms with Crippen LogP contribution < -0.4 is 4.74 Å². The number of nitrogens with zero attached hydrogens (tertiary/aromatic N) is 3. The normalized spacial score (nSPS) is 10.1. The van der Waals surface area contributed by atoms with Gasteiger partial charge in [-0.05, 0) is 30.2 Å². The van der Waals surface area contributed by atoms with E-state index in [2.05, 4.69) is 10.0 Å². The van der Waals surface area contributed by atoms with E-state index < -0.39 is 0 Å². The topological polar surface area (TPSA) is 58.0 Å². The van der Waals surface area contributed by atoms with E-state index in [-0.39, 0.29) is 12.4 Å². The van der Waals surface area contributed by atoms with E-state index in [1.165, 1.54) is 12.1 Å². The molecule has 0 N–H and O–H groups in total. The molecule has 84 valence electrons. The zero-order valence-corrected chi connectivity index (χ0v) is 8.93. The lowest BCUT2D eigenvalue weighted by atomic mass is 10.2. The maximum atomic E-state index is 13.1. The Labute approximate surface area is 93.0 Å². The van der Waals surface area contributed by atoms with Gasteiger partial charge in [-0.15, -0.1) is 0 Å². The van der Waals surface area contributed by atoms with Gasteiger partial charge in [-0.3, -0.25) is 0 Å². The van der Waals surface area contributed by atoms with Gasteiger partial charge in [-0.2, -0.15) is 0 Å². The third-order valence-electron chi connectivity index (χ3n) is 1.77. The molecular weight excluding hydrogens is 209 g/mol.